The molecule has 2 aromatic carbocycles. The zero-order valence-corrected chi connectivity index (χ0v) is 13.1. The molecular weight excluding hydrogens is 274 g/mol. The maximum absolute atomic E-state index is 6.13. The van der Waals surface area contributed by atoms with Gasteiger partial charge in [-0.05, 0) is 25.5 Å². The molecule has 3 nitrogen and oxygen atoms in total. The summed E-state index contributed by atoms with van der Waals surface area (Å²) in [5, 5.41) is 2.60. The first-order chi connectivity index (χ1) is 10.7. The highest BCUT2D eigenvalue weighted by molar-refractivity contribution is 6.07. The first kappa shape index (κ1) is 13.8. The molecule has 0 spiro atoms. The molecule has 4 rings (SSSR count). The summed E-state index contributed by atoms with van der Waals surface area (Å²) in [7, 11) is 0. The highest BCUT2D eigenvalue weighted by Crippen LogP contribution is 2.32. The second-order valence-corrected chi connectivity index (χ2v) is 6.18. The van der Waals surface area contributed by atoms with Crippen LogP contribution in [0.1, 0.15) is 20.3 Å². The van der Waals surface area contributed by atoms with Crippen LogP contribution in [0.15, 0.2) is 48.5 Å². The Labute approximate surface area is 130 Å². The zero-order chi connectivity index (χ0) is 15.2. The summed E-state index contributed by atoms with van der Waals surface area (Å²) in [5.74, 6) is -0.427. The minimum Gasteiger partial charge on any atom is -0.347 e. The van der Waals surface area contributed by atoms with E-state index in [1.165, 1.54) is 21.8 Å². The monoisotopic (exact) mass is 295 g/mol. The van der Waals surface area contributed by atoms with E-state index < -0.39 is 5.79 Å². The van der Waals surface area contributed by atoms with Crippen LogP contribution in [0.2, 0.25) is 0 Å². The van der Waals surface area contributed by atoms with Crippen molar-refractivity contribution in [2.75, 3.05) is 6.61 Å². The van der Waals surface area contributed by atoms with Gasteiger partial charge in [-0.3, -0.25) is 0 Å². The van der Waals surface area contributed by atoms with Gasteiger partial charge in [0.2, 0.25) is 0 Å². The van der Waals surface area contributed by atoms with Crippen molar-refractivity contribution in [3.63, 3.8) is 0 Å². The standard InChI is InChI=1S/C19H21NO2/c1-3-19(2)21-13-14(22-19)12-20-17-10-6-4-8-15(17)16-9-5-7-11-18(16)20/h4-11,14H,3,12-13H2,1-2H3/t14-,19+/m1/s1. The molecule has 1 fully saturated rings. The van der Waals surface area contributed by atoms with E-state index in [4.69, 9.17) is 9.47 Å². The van der Waals surface area contributed by atoms with Gasteiger partial charge < -0.3 is 14.0 Å². The topological polar surface area (TPSA) is 23.4 Å². The normalized spacial score (nSPS) is 25.3. The van der Waals surface area contributed by atoms with Crippen molar-refractivity contribution in [1.82, 2.24) is 4.57 Å². The Morgan fingerprint density at radius 2 is 1.64 bits per heavy atom. The molecule has 22 heavy (non-hydrogen) atoms. The van der Waals surface area contributed by atoms with Crippen molar-refractivity contribution in [1.29, 1.82) is 0 Å². The molecule has 114 valence electrons. The van der Waals surface area contributed by atoms with Crippen LogP contribution in [0, 0.1) is 0 Å². The van der Waals surface area contributed by atoms with Crippen LogP contribution in [0.5, 0.6) is 0 Å². The number of aromatic nitrogens is 1. The van der Waals surface area contributed by atoms with E-state index in [2.05, 4.69) is 60.0 Å². The van der Waals surface area contributed by atoms with E-state index in [0.29, 0.717) is 6.61 Å². The molecule has 0 radical (unpaired) electrons. The Kier molecular flexibility index (Phi) is 3.21. The van der Waals surface area contributed by atoms with Gasteiger partial charge in [0, 0.05) is 21.8 Å². The summed E-state index contributed by atoms with van der Waals surface area (Å²) in [6.07, 6.45) is 0.973. The molecule has 0 aliphatic carbocycles. The van der Waals surface area contributed by atoms with Crippen LogP contribution in [-0.4, -0.2) is 23.1 Å². The number of para-hydroxylation sites is 2. The van der Waals surface area contributed by atoms with Crippen LogP contribution < -0.4 is 0 Å². The van der Waals surface area contributed by atoms with Gasteiger partial charge in [-0.1, -0.05) is 43.3 Å². The highest BCUT2D eigenvalue weighted by Gasteiger charge is 2.35. The Morgan fingerprint density at radius 3 is 2.18 bits per heavy atom. The van der Waals surface area contributed by atoms with E-state index in [0.717, 1.165) is 13.0 Å². The summed E-state index contributed by atoms with van der Waals surface area (Å²) >= 11 is 0. The third kappa shape index (κ3) is 2.13. The molecule has 0 amide bonds. The molecule has 3 heteroatoms. The van der Waals surface area contributed by atoms with Crippen LogP contribution in [0.4, 0.5) is 0 Å². The number of ether oxygens (including phenoxy) is 2. The highest BCUT2D eigenvalue weighted by atomic mass is 16.7. The molecule has 1 aromatic heterocycles. The Hall–Kier alpha value is -1.84. The fourth-order valence-corrected chi connectivity index (χ4v) is 3.37. The van der Waals surface area contributed by atoms with Crippen LogP contribution in [0.25, 0.3) is 21.8 Å². The molecule has 1 saturated heterocycles. The molecule has 1 aliphatic heterocycles. The Bertz CT molecular complexity index is 769. The van der Waals surface area contributed by atoms with Gasteiger partial charge in [0.25, 0.3) is 0 Å². The lowest BCUT2D eigenvalue weighted by atomic mass is 10.2. The number of hydrogen-bond acceptors (Lipinski definition) is 2. The van der Waals surface area contributed by atoms with Crippen LogP contribution in [0.3, 0.4) is 0 Å². The Balaban J connectivity index is 1.77. The first-order valence-corrected chi connectivity index (χ1v) is 7.98. The molecule has 0 unspecified atom stereocenters. The maximum atomic E-state index is 6.13. The number of nitrogens with zero attached hydrogens (tertiary/aromatic N) is 1. The fourth-order valence-electron chi connectivity index (χ4n) is 3.37. The van der Waals surface area contributed by atoms with E-state index in [9.17, 15) is 0 Å². The van der Waals surface area contributed by atoms with Crippen molar-refractivity contribution >= 4 is 21.8 Å². The van der Waals surface area contributed by atoms with Crippen molar-refractivity contribution in [3.05, 3.63) is 48.5 Å². The second-order valence-electron chi connectivity index (χ2n) is 6.18. The van der Waals surface area contributed by atoms with E-state index in [1.54, 1.807) is 0 Å². The van der Waals surface area contributed by atoms with E-state index in [-0.39, 0.29) is 6.10 Å². The SMILES string of the molecule is CC[C@@]1(C)OC[C@@H](Cn2c3ccccc3c3ccccc32)O1. The summed E-state index contributed by atoms with van der Waals surface area (Å²) in [5.41, 5.74) is 2.52. The third-order valence-corrected chi connectivity index (χ3v) is 4.70. The van der Waals surface area contributed by atoms with Crippen molar-refractivity contribution < 1.29 is 9.47 Å². The summed E-state index contributed by atoms with van der Waals surface area (Å²) in [6.45, 7) is 5.61. The summed E-state index contributed by atoms with van der Waals surface area (Å²) in [4.78, 5) is 0. The fraction of sp³-hybridized carbons (Fsp3) is 0.368. The second kappa shape index (κ2) is 5.11. The zero-order valence-electron chi connectivity index (χ0n) is 13.1. The lowest BCUT2D eigenvalue weighted by Crippen LogP contribution is -2.26. The quantitative estimate of drug-likeness (QED) is 0.717. The average molecular weight is 295 g/mol. The minimum atomic E-state index is -0.427. The number of hydrogen-bond donors (Lipinski definition) is 0. The largest absolute Gasteiger partial charge is 0.347 e. The maximum Gasteiger partial charge on any atom is 0.165 e. The molecule has 1 aliphatic rings. The van der Waals surface area contributed by atoms with Crippen molar-refractivity contribution in [3.8, 4) is 0 Å². The molecule has 0 saturated carbocycles. The number of rotatable bonds is 3. The molecule has 0 bridgehead atoms. The third-order valence-electron chi connectivity index (χ3n) is 4.70. The lowest BCUT2D eigenvalue weighted by molar-refractivity contribution is -0.156. The van der Waals surface area contributed by atoms with Gasteiger partial charge in [0.05, 0.1) is 13.2 Å². The average Bonchev–Trinajstić information content (AvgIpc) is 3.09. The number of benzene rings is 2. The van der Waals surface area contributed by atoms with E-state index in [1.807, 2.05) is 6.92 Å². The van der Waals surface area contributed by atoms with Crippen LogP contribution >= 0.6 is 0 Å². The molecule has 2 heterocycles. The smallest absolute Gasteiger partial charge is 0.165 e. The van der Waals surface area contributed by atoms with Crippen molar-refractivity contribution in [2.24, 2.45) is 0 Å². The lowest BCUT2D eigenvalue weighted by Gasteiger charge is -2.21. The van der Waals surface area contributed by atoms with E-state index >= 15 is 0 Å². The Morgan fingerprint density at radius 1 is 1.05 bits per heavy atom. The summed E-state index contributed by atoms with van der Waals surface area (Å²) < 4.78 is 14.3. The van der Waals surface area contributed by atoms with Gasteiger partial charge in [-0.2, -0.15) is 0 Å². The minimum absolute atomic E-state index is 0.101. The predicted molar refractivity (Wildman–Crippen MR) is 89.0 cm³/mol. The summed E-state index contributed by atoms with van der Waals surface area (Å²) in [6, 6.07) is 17.1. The first-order valence-electron chi connectivity index (χ1n) is 7.98. The van der Waals surface area contributed by atoms with Gasteiger partial charge >= 0.3 is 0 Å². The molecule has 2 atom stereocenters. The molecule has 0 N–H and O–H groups in total. The van der Waals surface area contributed by atoms with Gasteiger partial charge in [-0.25, -0.2) is 0 Å². The van der Waals surface area contributed by atoms with Crippen LogP contribution in [-0.2, 0) is 16.0 Å². The molecular formula is C19H21NO2. The number of fused-ring (bicyclic) bond motifs is 3. The van der Waals surface area contributed by atoms with Gasteiger partial charge in [-0.15, -0.1) is 0 Å². The van der Waals surface area contributed by atoms with Crippen molar-refractivity contribution in [2.45, 2.75) is 38.7 Å². The molecule has 3 aromatic rings. The van der Waals surface area contributed by atoms with Gasteiger partial charge in [0.15, 0.2) is 5.79 Å². The van der Waals surface area contributed by atoms with Gasteiger partial charge in [0.1, 0.15) is 6.10 Å². The predicted octanol–water partition coefficient (Wildman–Crippen LogP) is 4.34.